The molecule has 1 N–H and O–H groups in total. The predicted molar refractivity (Wildman–Crippen MR) is 81.0 cm³/mol. The molecule has 0 spiro atoms. The second kappa shape index (κ2) is 6.33. The number of para-hydroxylation sites is 1. The van der Waals surface area contributed by atoms with E-state index in [1.54, 1.807) is 42.5 Å². The number of benzene rings is 2. The van der Waals surface area contributed by atoms with Crippen LogP contribution in [-0.2, 0) is 9.84 Å². The molecule has 0 heterocycles. The summed E-state index contributed by atoms with van der Waals surface area (Å²) in [7, 11) is -3.28. The molecule has 0 aliphatic heterocycles. The van der Waals surface area contributed by atoms with Gasteiger partial charge in [0.2, 0.25) is 0 Å². The van der Waals surface area contributed by atoms with Crippen LogP contribution in [0, 0.1) is 0 Å². The number of phenolic OH excluding ortho intramolecular Hbond substituents is 1. The van der Waals surface area contributed by atoms with Gasteiger partial charge in [0.25, 0.3) is 0 Å². The van der Waals surface area contributed by atoms with Gasteiger partial charge in [-0.25, -0.2) is 8.42 Å². The summed E-state index contributed by atoms with van der Waals surface area (Å²) in [6.07, 6.45) is 0.581. The van der Waals surface area contributed by atoms with Gasteiger partial charge in [-0.1, -0.05) is 43.0 Å². The molecule has 0 aliphatic carbocycles. The van der Waals surface area contributed by atoms with Crippen LogP contribution < -0.4 is 0 Å². The van der Waals surface area contributed by atoms with Crippen LogP contribution in [0.2, 0.25) is 0 Å². The topological polar surface area (TPSA) is 54.4 Å². The fourth-order valence-corrected chi connectivity index (χ4v) is 4.63. The zero-order chi connectivity index (χ0) is 14.6. The first-order chi connectivity index (χ1) is 9.54. The van der Waals surface area contributed by atoms with Crippen LogP contribution in [0.1, 0.15) is 13.3 Å². The highest BCUT2D eigenvalue weighted by atomic mass is 32.2. The second-order valence-electron chi connectivity index (χ2n) is 4.34. The SMILES string of the molecule is CCCS(=O)(=O)c1ccccc1Sc1ccccc1O. The van der Waals surface area contributed by atoms with Crippen LogP contribution in [0.3, 0.4) is 0 Å². The highest BCUT2D eigenvalue weighted by molar-refractivity contribution is 8.00. The van der Waals surface area contributed by atoms with E-state index < -0.39 is 9.84 Å². The lowest BCUT2D eigenvalue weighted by Gasteiger charge is -2.10. The molecule has 0 unspecified atom stereocenters. The lowest BCUT2D eigenvalue weighted by atomic mass is 10.3. The third-order valence-corrected chi connectivity index (χ3v) is 5.98. The summed E-state index contributed by atoms with van der Waals surface area (Å²) in [5, 5.41) is 9.80. The van der Waals surface area contributed by atoms with E-state index in [1.165, 1.54) is 11.8 Å². The third-order valence-electron chi connectivity index (χ3n) is 2.74. The maximum Gasteiger partial charge on any atom is 0.179 e. The van der Waals surface area contributed by atoms with E-state index in [2.05, 4.69) is 0 Å². The molecule has 0 aliphatic rings. The molecular formula is C15H16O3S2. The summed E-state index contributed by atoms with van der Waals surface area (Å²) in [6, 6.07) is 13.8. The van der Waals surface area contributed by atoms with Crippen molar-refractivity contribution < 1.29 is 13.5 Å². The molecule has 0 fully saturated rings. The first-order valence-corrected chi connectivity index (χ1v) is 8.79. The van der Waals surface area contributed by atoms with Crippen LogP contribution in [0.5, 0.6) is 5.75 Å². The van der Waals surface area contributed by atoms with E-state index in [1.807, 2.05) is 13.0 Å². The molecule has 0 saturated heterocycles. The Morgan fingerprint density at radius 1 is 1.00 bits per heavy atom. The van der Waals surface area contributed by atoms with Gasteiger partial charge in [-0.15, -0.1) is 0 Å². The maximum absolute atomic E-state index is 12.3. The summed E-state index contributed by atoms with van der Waals surface area (Å²) in [5.74, 6) is 0.283. The van der Waals surface area contributed by atoms with Crippen molar-refractivity contribution in [3.05, 3.63) is 48.5 Å². The van der Waals surface area contributed by atoms with Gasteiger partial charge in [-0.3, -0.25) is 0 Å². The van der Waals surface area contributed by atoms with Crippen LogP contribution in [0.25, 0.3) is 0 Å². The summed E-state index contributed by atoms with van der Waals surface area (Å²) in [6.45, 7) is 1.84. The van der Waals surface area contributed by atoms with Crippen LogP contribution in [0.4, 0.5) is 0 Å². The van der Waals surface area contributed by atoms with E-state index in [0.717, 1.165) is 0 Å². The van der Waals surface area contributed by atoms with Crippen molar-refractivity contribution in [1.29, 1.82) is 0 Å². The highest BCUT2D eigenvalue weighted by Gasteiger charge is 2.18. The van der Waals surface area contributed by atoms with Gasteiger partial charge >= 0.3 is 0 Å². The first kappa shape index (κ1) is 14.9. The third kappa shape index (κ3) is 3.35. The van der Waals surface area contributed by atoms with Crippen LogP contribution >= 0.6 is 11.8 Å². The van der Waals surface area contributed by atoms with E-state index in [4.69, 9.17) is 0 Å². The molecular weight excluding hydrogens is 292 g/mol. The maximum atomic E-state index is 12.3. The van der Waals surface area contributed by atoms with Gasteiger partial charge < -0.3 is 5.11 Å². The van der Waals surface area contributed by atoms with E-state index in [-0.39, 0.29) is 11.5 Å². The van der Waals surface area contributed by atoms with Gasteiger partial charge in [0.1, 0.15) is 5.75 Å². The molecule has 2 aromatic rings. The molecule has 0 aromatic heterocycles. The molecule has 0 radical (unpaired) electrons. The smallest absolute Gasteiger partial charge is 0.179 e. The highest BCUT2D eigenvalue weighted by Crippen LogP contribution is 2.37. The molecule has 5 heteroatoms. The molecule has 0 atom stereocenters. The number of aromatic hydroxyl groups is 1. The Balaban J connectivity index is 2.42. The number of hydrogen-bond donors (Lipinski definition) is 1. The quantitative estimate of drug-likeness (QED) is 0.914. The summed E-state index contributed by atoms with van der Waals surface area (Å²) < 4.78 is 24.5. The Kier molecular flexibility index (Phi) is 4.73. The Morgan fingerprint density at radius 2 is 1.60 bits per heavy atom. The molecule has 3 nitrogen and oxygen atoms in total. The van der Waals surface area contributed by atoms with Gasteiger partial charge in [0.05, 0.1) is 15.5 Å². The largest absolute Gasteiger partial charge is 0.507 e. The minimum Gasteiger partial charge on any atom is -0.507 e. The van der Waals surface area contributed by atoms with E-state index in [0.29, 0.717) is 21.1 Å². The Morgan fingerprint density at radius 3 is 2.25 bits per heavy atom. The standard InChI is InChI=1S/C15H16O3S2/c1-2-11-20(17,18)15-10-6-5-9-14(15)19-13-8-4-3-7-12(13)16/h3-10,16H,2,11H2,1H3. The van der Waals surface area contributed by atoms with Gasteiger partial charge in [0.15, 0.2) is 9.84 Å². The van der Waals surface area contributed by atoms with Crippen molar-refractivity contribution in [2.75, 3.05) is 5.75 Å². The fourth-order valence-electron chi connectivity index (χ4n) is 1.83. The first-order valence-electron chi connectivity index (χ1n) is 6.32. The summed E-state index contributed by atoms with van der Waals surface area (Å²) in [4.78, 5) is 1.62. The minimum atomic E-state index is -3.28. The molecule has 20 heavy (non-hydrogen) atoms. The van der Waals surface area contributed by atoms with Crippen LogP contribution in [0.15, 0.2) is 63.2 Å². The molecule has 2 aromatic carbocycles. The minimum absolute atomic E-state index is 0.130. The normalized spacial score (nSPS) is 11.4. The summed E-state index contributed by atoms with van der Waals surface area (Å²) in [5.41, 5.74) is 0. The molecule has 0 saturated carbocycles. The summed E-state index contributed by atoms with van der Waals surface area (Å²) >= 11 is 1.26. The Labute approximate surface area is 123 Å². The van der Waals surface area contributed by atoms with Gasteiger partial charge in [-0.2, -0.15) is 0 Å². The zero-order valence-corrected chi connectivity index (χ0v) is 12.7. The lowest BCUT2D eigenvalue weighted by Crippen LogP contribution is -2.07. The Bertz CT molecular complexity index is 694. The second-order valence-corrected chi connectivity index (χ2v) is 7.50. The monoisotopic (exact) mass is 308 g/mol. The zero-order valence-electron chi connectivity index (χ0n) is 11.1. The van der Waals surface area contributed by atoms with Crippen molar-refractivity contribution in [3.63, 3.8) is 0 Å². The van der Waals surface area contributed by atoms with Crippen molar-refractivity contribution in [2.24, 2.45) is 0 Å². The molecule has 2 rings (SSSR count). The van der Waals surface area contributed by atoms with Crippen molar-refractivity contribution in [2.45, 2.75) is 28.0 Å². The average Bonchev–Trinajstić information content (AvgIpc) is 2.42. The molecule has 106 valence electrons. The number of phenols is 1. The van der Waals surface area contributed by atoms with E-state index in [9.17, 15) is 13.5 Å². The average molecular weight is 308 g/mol. The van der Waals surface area contributed by atoms with Crippen LogP contribution in [-0.4, -0.2) is 19.3 Å². The van der Waals surface area contributed by atoms with Gasteiger partial charge in [0, 0.05) is 4.90 Å². The number of rotatable bonds is 5. The molecule has 0 amide bonds. The Hall–Kier alpha value is -1.46. The van der Waals surface area contributed by atoms with Crippen molar-refractivity contribution in [1.82, 2.24) is 0 Å². The number of hydrogen-bond acceptors (Lipinski definition) is 4. The van der Waals surface area contributed by atoms with E-state index >= 15 is 0 Å². The number of sulfone groups is 1. The fraction of sp³-hybridized carbons (Fsp3) is 0.200. The van der Waals surface area contributed by atoms with Crippen molar-refractivity contribution in [3.8, 4) is 5.75 Å². The van der Waals surface area contributed by atoms with Gasteiger partial charge in [-0.05, 0) is 30.7 Å². The molecule has 0 bridgehead atoms. The lowest BCUT2D eigenvalue weighted by molar-refractivity contribution is 0.462. The van der Waals surface area contributed by atoms with Crippen molar-refractivity contribution >= 4 is 21.6 Å². The predicted octanol–water partition coefficient (Wildman–Crippen LogP) is 3.73.